The molecule has 0 fully saturated rings. The molecule has 0 radical (unpaired) electrons. The maximum atomic E-state index is 13.2. The Hall–Kier alpha value is -2.15. The average Bonchev–Trinajstić information content (AvgIpc) is 3.12. The standard InChI is InChI=1S/C22H27N3O2S.ClH/c1-16-11-12-18(27-4)20-21(16)28-22(23-20)25(14-8-13-24(2)3)19(26)15-17-9-6-5-7-10-17;/h5-7,9-12H,8,13-15H2,1-4H3;1H. The maximum Gasteiger partial charge on any atom is 0.233 e. The first-order valence-electron chi connectivity index (χ1n) is 9.42. The largest absolute Gasteiger partial charge is 0.494 e. The molecule has 2 aromatic carbocycles. The fraction of sp³-hybridized carbons (Fsp3) is 0.364. The van der Waals surface area contributed by atoms with Crippen LogP contribution in [0.25, 0.3) is 10.2 Å². The quantitative estimate of drug-likeness (QED) is 0.522. The molecule has 5 nitrogen and oxygen atoms in total. The highest BCUT2D eigenvalue weighted by Gasteiger charge is 2.21. The van der Waals surface area contributed by atoms with Crippen molar-refractivity contribution in [3.8, 4) is 5.75 Å². The van der Waals surface area contributed by atoms with Gasteiger partial charge in [-0.25, -0.2) is 4.98 Å². The van der Waals surface area contributed by atoms with E-state index in [0.717, 1.165) is 45.2 Å². The highest BCUT2D eigenvalue weighted by molar-refractivity contribution is 7.22. The normalized spacial score (nSPS) is 10.8. The van der Waals surface area contributed by atoms with Crippen LogP contribution in [-0.2, 0) is 11.2 Å². The first-order chi connectivity index (χ1) is 13.5. The molecule has 0 bridgehead atoms. The third-order valence-electron chi connectivity index (χ3n) is 4.63. The summed E-state index contributed by atoms with van der Waals surface area (Å²) in [5.41, 5.74) is 2.98. The molecule has 1 aromatic heterocycles. The molecule has 0 atom stereocenters. The van der Waals surface area contributed by atoms with Crippen molar-refractivity contribution < 1.29 is 9.53 Å². The van der Waals surface area contributed by atoms with Crippen molar-refractivity contribution in [1.82, 2.24) is 9.88 Å². The molecule has 0 unspecified atom stereocenters. The van der Waals surface area contributed by atoms with E-state index in [1.54, 1.807) is 18.4 Å². The monoisotopic (exact) mass is 433 g/mol. The van der Waals surface area contributed by atoms with Crippen molar-refractivity contribution in [3.63, 3.8) is 0 Å². The van der Waals surface area contributed by atoms with E-state index in [2.05, 4.69) is 11.8 Å². The van der Waals surface area contributed by atoms with Crippen molar-refractivity contribution in [2.24, 2.45) is 0 Å². The lowest BCUT2D eigenvalue weighted by atomic mass is 10.1. The molecule has 3 aromatic rings. The van der Waals surface area contributed by atoms with Gasteiger partial charge in [0.15, 0.2) is 5.13 Å². The van der Waals surface area contributed by atoms with Crippen LogP contribution in [0, 0.1) is 6.92 Å². The maximum absolute atomic E-state index is 13.2. The number of thiazole rings is 1. The van der Waals surface area contributed by atoms with Crippen LogP contribution >= 0.6 is 23.7 Å². The molecule has 0 spiro atoms. The van der Waals surface area contributed by atoms with Gasteiger partial charge in [-0.15, -0.1) is 12.4 Å². The first-order valence-corrected chi connectivity index (χ1v) is 10.2. The van der Waals surface area contributed by atoms with Crippen LogP contribution in [0.15, 0.2) is 42.5 Å². The lowest BCUT2D eigenvalue weighted by molar-refractivity contribution is -0.118. The van der Waals surface area contributed by atoms with Crippen molar-refractivity contribution in [2.45, 2.75) is 19.8 Å². The Balaban J connectivity index is 0.00000300. The van der Waals surface area contributed by atoms with E-state index < -0.39 is 0 Å². The van der Waals surface area contributed by atoms with Gasteiger partial charge in [0.25, 0.3) is 0 Å². The second-order valence-corrected chi connectivity index (χ2v) is 8.10. The van der Waals surface area contributed by atoms with E-state index in [-0.39, 0.29) is 18.3 Å². The predicted octanol–water partition coefficient (Wildman–Crippen LogP) is 4.56. The van der Waals surface area contributed by atoms with Crippen molar-refractivity contribution in [1.29, 1.82) is 0 Å². The summed E-state index contributed by atoms with van der Waals surface area (Å²) in [6, 6.07) is 13.8. The molecular formula is C22H28ClN3O2S. The minimum Gasteiger partial charge on any atom is -0.494 e. The summed E-state index contributed by atoms with van der Waals surface area (Å²) in [5, 5.41) is 0.738. The fourth-order valence-corrected chi connectivity index (χ4v) is 4.21. The number of fused-ring (bicyclic) bond motifs is 1. The predicted molar refractivity (Wildman–Crippen MR) is 124 cm³/mol. The number of halogens is 1. The van der Waals surface area contributed by atoms with E-state index >= 15 is 0 Å². The van der Waals surface area contributed by atoms with Crippen LogP contribution in [0.3, 0.4) is 0 Å². The van der Waals surface area contributed by atoms with Crippen LogP contribution in [-0.4, -0.2) is 50.1 Å². The number of methoxy groups -OCH3 is 1. The third-order valence-corrected chi connectivity index (χ3v) is 5.84. The van der Waals surface area contributed by atoms with Gasteiger partial charge in [-0.3, -0.25) is 9.69 Å². The van der Waals surface area contributed by atoms with Crippen LogP contribution < -0.4 is 9.64 Å². The van der Waals surface area contributed by atoms with Gasteiger partial charge in [-0.2, -0.15) is 0 Å². The van der Waals surface area contributed by atoms with Crippen LogP contribution in [0.1, 0.15) is 17.5 Å². The van der Waals surface area contributed by atoms with Gasteiger partial charge in [0.05, 0.1) is 18.2 Å². The molecule has 0 saturated carbocycles. The van der Waals surface area contributed by atoms with Gasteiger partial charge in [-0.05, 0) is 51.2 Å². The Morgan fingerprint density at radius 1 is 1.10 bits per heavy atom. The number of hydrogen-bond donors (Lipinski definition) is 0. The molecule has 1 heterocycles. The Morgan fingerprint density at radius 2 is 1.83 bits per heavy atom. The summed E-state index contributed by atoms with van der Waals surface area (Å²) in [6.07, 6.45) is 1.26. The highest BCUT2D eigenvalue weighted by atomic mass is 35.5. The molecule has 29 heavy (non-hydrogen) atoms. The molecule has 0 aliphatic rings. The van der Waals surface area contributed by atoms with Crippen LogP contribution in [0.2, 0.25) is 0 Å². The second kappa shape index (κ2) is 10.6. The Morgan fingerprint density at radius 3 is 2.48 bits per heavy atom. The summed E-state index contributed by atoms with van der Waals surface area (Å²) >= 11 is 1.56. The average molecular weight is 434 g/mol. The first kappa shape index (κ1) is 23.1. The zero-order valence-electron chi connectivity index (χ0n) is 17.3. The summed E-state index contributed by atoms with van der Waals surface area (Å²) in [7, 11) is 5.74. The number of anilines is 1. The van der Waals surface area contributed by atoms with Gasteiger partial charge in [0, 0.05) is 6.54 Å². The van der Waals surface area contributed by atoms with E-state index in [0.29, 0.717) is 13.0 Å². The summed E-state index contributed by atoms with van der Waals surface area (Å²) < 4.78 is 6.55. The zero-order valence-corrected chi connectivity index (χ0v) is 19.0. The SMILES string of the molecule is COc1ccc(C)c2sc(N(CCCN(C)C)C(=O)Cc3ccccc3)nc12.Cl. The molecule has 156 valence electrons. The molecule has 0 N–H and O–H groups in total. The van der Waals surface area contributed by atoms with E-state index in [4.69, 9.17) is 9.72 Å². The summed E-state index contributed by atoms with van der Waals surface area (Å²) in [5.74, 6) is 0.812. The fourth-order valence-electron chi connectivity index (χ4n) is 3.12. The Bertz CT molecular complexity index is 944. The minimum atomic E-state index is 0. The van der Waals surface area contributed by atoms with Crippen molar-refractivity contribution in [3.05, 3.63) is 53.6 Å². The Labute approximate surface area is 182 Å². The number of carbonyl (C=O) groups is 1. The molecule has 1 amide bonds. The molecule has 3 rings (SSSR count). The number of aryl methyl sites for hydroxylation is 1. The minimum absolute atomic E-state index is 0. The zero-order chi connectivity index (χ0) is 20.1. The lowest BCUT2D eigenvalue weighted by Gasteiger charge is -2.21. The summed E-state index contributed by atoms with van der Waals surface area (Å²) in [6.45, 7) is 3.62. The smallest absolute Gasteiger partial charge is 0.233 e. The van der Waals surface area contributed by atoms with Gasteiger partial charge < -0.3 is 9.64 Å². The van der Waals surface area contributed by atoms with Gasteiger partial charge in [0.1, 0.15) is 11.3 Å². The lowest BCUT2D eigenvalue weighted by Crippen LogP contribution is -2.34. The number of amides is 1. The molecule has 7 heteroatoms. The number of carbonyl (C=O) groups excluding carboxylic acids is 1. The van der Waals surface area contributed by atoms with E-state index in [1.165, 1.54) is 0 Å². The van der Waals surface area contributed by atoms with E-state index in [1.807, 2.05) is 61.5 Å². The number of aromatic nitrogens is 1. The van der Waals surface area contributed by atoms with Gasteiger partial charge >= 0.3 is 0 Å². The molecule has 0 aliphatic carbocycles. The van der Waals surface area contributed by atoms with Gasteiger partial charge in [0.2, 0.25) is 5.91 Å². The van der Waals surface area contributed by atoms with Crippen LogP contribution in [0.5, 0.6) is 5.75 Å². The number of ether oxygens (including phenoxy) is 1. The number of benzene rings is 2. The topological polar surface area (TPSA) is 45.7 Å². The summed E-state index contributed by atoms with van der Waals surface area (Å²) in [4.78, 5) is 21.9. The third kappa shape index (κ3) is 5.69. The van der Waals surface area contributed by atoms with Crippen LogP contribution in [0.4, 0.5) is 5.13 Å². The van der Waals surface area contributed by atoms with E-state index in [9.17, 15) is 4.79 Å². The van der Waals surface area contributed by atoms with Crippen molar-refractivity contribution in [2.75, 3.05) is 39.2 Å². The van der Waals surface area contributed by atoms with Gasteiger partial charge in [-0.1, -0.05) is 47.7 Å². The van der Waals surface area contributed by atoms with Crippen molar-refractivity contribution >= 4 is 45.0 Å². The Kier molecular flexibility index (Phi) is 8.44. The number of nitrogens with zero attached hydrogens (tertiary/aromatic N) is 3. The molecule has 0 saturated heterocycles. The second-order valence-electron chi connectivity index (χ2n) is 7.12. The number of hydrogen-bond acceptors (Lipinski definition) is 5. The molecule has 0 aliphatic heterocycles. The number of rotatable bonds is 8. The highest BCUT2D eigenvalue weighted by Crippen LogP contribution is 2.36. The molecular weight excluding hydrogens is 406 g/mol.